The van der Waals surface area contributed by atoms with Crippen LogP contribution in [0.4, 0.5) is 0 Å². The maximum absolute atomic E-state index is 11.1. The zero-order chi connectivity index (χ0) is 13.2. The van der Waals surface area contributed by atoms with Crippen LogP contribution in [0.25, 0.3) is 28.0 Å². The molecular formula is C16H11ClO2. The van der Waals surface area contributed by atoms with E-state index in [1.54, 1.807) is 6.08 Å². The van der Waals surface area contributed by atoms with Crippen molar-refractivity contribution in [2.75, 3.05) is 5.88 Å². The number of alkyl halides is 1. The lowest BCUT2D eigenvalue weighted by molar-refractivity contribution is -0.112. The molecule has 0 unspecified atom stereocenters. The van der Waals surface area contributed by atoms with Crippen LogP contribution in [-0.2, 0) is 4.79 Å². The fourth-order valence-corrected chi connectivity index (χ4v) is 2.17. The zero-order valence-corrected chi connectivity index (χ0v) is 10.9. The molecule has 2 nitrogen and oxygen atoms in total. The molecule has 3 heteroatoms. The fourth-order valence-electron chi connectivity index (χ4n) is 2.08. The van der Waals surface area contributed by atoms with E-state index in [-0.39, 0.29) is 11.7 Å². The maximum Gasteiger partial charge on any atom is 0.170 e. The summed E-state index contributed by atoms with van der Waals surface area (Å²) in [6, 6.07) is 13.8. The number of ketones is 1. The van der Waals surface area contributed by atoms with Gasteiger partial charge in [0, 0.05) is 10.8 Å². The number of halogens is 1. The van der Waals surface area contributed by atoms with Crippen LogP contribution in [0.3, 0.4) is 0 Å². The van der Waals surface area contributed by atoms with Crippen LogP contribution in [0, 0.1) is 0 Å². The standard InChI is InChI=1S/C16H11ClO2/c17-10-12(18)7-5-11-6-8-14-13-3-1-2-4-15(13)19-16(14)9-11/h1-9H,10H2/b7-5+. The Kier molecular flexibility index (Phi) is 3.10. The van der Waals surface area contributed by atoms with Gasteiger partial charge in [-0.3, -0.25) is 4.79 Å². The molecule has 0 bridgehead atoms. The lowest BCUT2D eigenvalue weighted by atomic mass is 10.1. The van der Waals surface area contributed by atoms with Crippen LogP contribution in [0.5, 0.6) is 0 Å². The SMILES string of the molecule is O=C(/C=C/c1ccc2c(c1)oc1ccccc12)CCl. The van der Waals surface area contributed by atoms with Crippen LogP contribution < -0.4 is 0 Å². The van der Waals surface area contributed by atoms with Gasteiger partial charge in [-0.15, -0.1) is 11.6 Å². The third-order valence-electron chi connectivity index (χ3n) is 3.00. The van der Waals surface area contributed by atoms with Crippen LogP contribution in [-0.4, -0.2) is 11.7 Å². The second-order valence-corrected chi connectivity index (χ2v) is 4.55. The molecule has 94 valence electrons. The van der Waals surface area contributed by atoms with Crippen molar-refractivity contribution in [2.45, 2.75) is 0 Å². The predicted molar refractivity (Wildman–Crippen MR) is 78.5 cm³/mol. The van der Waals surface area contributed by atoms with E-state index in [1.807, 2.05) is 42.5 Å². The molecule has 0 N–H and O–H groups in total. The lowest BCUT2D eigenvalue weighted by Gasteiger charge is -1.93. The molecule has 19 heavy (non-hydrogen) atoms. The molecule has 3 aromatic rings. The van der Waals surface area contributed by atoms with E-state index >= 15 is 0 Å². The molecule has 2 aromatic carbocycles. The smallest absolute Gasteiger partial charge is 0.170 e. The van der Waals surface area contributed by atoms with Crippen molar-refractivity contribution in [3.8, 4) is 0 Å². The molecule has 0 spiro atoms. The Morgan fingerprint density at radius 1 is 1.11 bits per heavy atom. The van der Waals surface area contributed by atoms with E-state index in [9.17, 15) is 4.79 Å². The first-order valence-electron chi connectivity index (χ1n) is 5.96. The minimum absolute atomic E-state index is 0.00336. The second-order valence-electron chi connectivity index (χ2n) is 4.29. The minimum atomic E-state index is -0.105. The highest BCUT2D eigenvalue weighted by Gasteiger charge is 2.05. The van der Waals surface area contributed by atoms with E-state index in [0.29, 0.717) is 0 Å². The van der Waals surface area contributed by atoms with Gasteiger partial charge in [-0.05, 0) is 29.8 Å². The first-order chi connectivity index (χ1) is 9.28. The number of hydrogen-bond donors (Lipinski definition) is 0. The molecule has 0 amide bonds. The summed E-state index contributed by atoms with van der Waals surface area (Å²) in [7, 11) is 0. The van der Waals surface area contributed by atoms with Crippen LogP contribution in [0.1, 0.15) is 5.56 Å². The Morgan fingerprint density at radius 2 is 1.89 bits per heavy atom. The topological polar surface area (TPSA) is 30.2 Å². The molecule has 0 aliphatic rings. The molecular weight excluding hydrogens is 260 g/mol. The number of para-hydroxylation sites is 1. The van der Waals surface area contributed by atoms with Crippen molar-refractivity contribution in [2.24, 2.45) is 0 Å². The summed E-state index contributed by atoms with van der Waals surface area (Å²) in [6.07, 6.45) is 3.23. The van der Waals surface area contributed by atoms with Crippen molar-refractivity contribution in [3.05, 3.63) is 54.1 Å². The Balaban J connectivity index is 2.08. The highest BCUT2D eigenvalue weighted by atomic mass is 35.5. The third kappa shape index (κ3) is 2.27. The minimum Gasteiger partial charge on any atom is -0.456 e. The number of benzene rings is 2. The zero-order valence-electron chi connectivity index (χ0n) is 10.1. The van der Waals surface area contributed by atoms with Gasteiger partial charge in [0.1, 0.15) is 11.2 Å². The Hall–Kier alpha value is -2.06. The monoisotopic (exact) mass is 270 g/mol. The van der Waals surface area contributed by atoms with Crippen LogP contribution >= 0.6 is 11.6 Å². The van der Waals surface area contributed by atoms with E-state index in [1.165, 1.54) is 6.08 Å². The van der Waals surface area contributed by atoms with Crippen molar-refractivity contribution in [3.63, 3.8) is 0 Å². The summed E-state index contributed by atoms with van der Waals surface area (Å²) in [6.45, 7) is 0. The molecule has 0 aliphatic carbocycles. The molecule has 0 fully saturated rings. The van der Waals surface area contributed by atoms with Gasteiger partial charge in [0.25, 0.3) is 0 Å². The predicted octanol–water partition coefficient (Wildman–Crippen LogP) is 4.41. The van der Waals surface area contributed by atoms with Gasteiger partial charge < -0.3 is 4.42 Å². The average Bonchev–Trinajstić information content (AvgIpc) is 2.82. The quantitative estimate of drug-likeness (QED) is 0.521. The van der Waals surface area contributed by atoms with Gasteiger partial charge in [0.15, 0.2) is 5.78 Å². The number of rotatable bonds is 3. The normalized spacial score (nSPS) is 11.6. The first-order valence-corrected chi connectivity index (χ1v) is 6.49. The summed E-state index contributed by atoms with van der Waals surface area (Å²) in [4.78, 5) is 11.1. The van der Waals surface area contributed by atoms with Crippen LogP contribution in [0.15, 0.2) is 53.0 Å². The molecule has 0 radical (unpaired) electrons. The first kappa shape index (κ1) is 12.0. The molecule has 0 saturated heterocycles. The Labute approximate surface area is 115 Å². The number of carbonyl (C=O) groups excluding carboxylic acids is 1. The lowest BCUT2D eigenvalue weighted by Crippen LogP contribution is -1.91. The van der Waals surface area contributed by atoms with E-state index in [4.69, 9.17) is 16.0 Å². The van der Waals surface area contributed by atoms with Crippen LogP contribution in [0.2, 0.25) is 0 Å². The molecule has 3 rings (SSSR count). The molecule has 0 saturated carbocycles. The molecule has 0 atom stereocenters. The summed E-state index contributed by atoms with van der Waals surface area (Å²) in [5.74, 6) is -0.102. The highest BCUT2D eigenvalue weighted by molar-refractivity contribution is 6.29. The van der Waals surface area contributed by atoms with Crippen molar-refractivity contribution in [1.29, 1.82) is 0 Å². The Bertz CT molecular complexity index is 784. The van der Waals surface area contributed by atoms with Gasteiger partial charge in [0.05, 0.1) is 5.88 Å². The average molecular weight is 271 g/mol. The highest BCUT2D eigenvalue weighted by Crippen LogP contribution is 2.29. The number of hydrogen-bond acceptors (Lipinski definition) is 2. The fraction of sp³-hybridized carbons (Fsp3) is 0.0625. The number of carbonyl (C=O) groups is 1. The number of allylic oxidation sites excluding steroid dienone is 1. The van der Waals surface area contributed by atoms with E-state index in [2.05, 4.69) is 0 Å². The van der Waals surface area contributed by atoms with Crippen molar-refractivity contribution < 1.29 is 9.21 Å². The van der Waals surface area contributed by atoms with Gasteiger partial charge in [-0.25, -0.2) is 0 Å². The van der Waals surface area contributed by atoms with Crippen molar-refractivity contribution in [1.82, 2.24) is 0 Å². The molecule has 1 heterocycles. The second kappa shape index (κ2) is 4.90. The van der Waals surface area contributed by atoms with E-state index in [0.717, 1.165) is 27.5 Å². The summed E-state index contributed by atoms with van der Waals surface area (Å²) >= 11 is 5.45. The van der Waals surface area contributed by atoms with Gasteiger partial charge in [-0.2, -0.15) is 0 Å². The summed E-state index contributed by atoms with van der Waals surface area (Å²) in [5, 5.41) is 2.18. The van der Waals surface area contributed by atoms with E-state index < -0.39 is 0 Å². The van der Waals surface area contributed by atoms with Crippen molar-refractivity contribution >= 4 is 45.4 Å². The van der Waals surface area contributed by atoms with Gasteiger partial charge in [-0.1, -0.05) is 30.3 Å². The summed E-state index contributed by atoms with van der Waals surface area (Å²) < 4.78 is 5.78. The molecule has 1 aromatic heterocycles. The van der Waals surface area contributed by atoms with Gasteiger partial charge >= 0.3 is 0 Å². The largest absolute Gasteiger partial charge is 0.456 e. The number of fused-ring (bicyclic) bond motifs is 3. The number of furan rings is 1. The Morgan fingerprint density at radius 3 is 2.74 bits per heavy atom. The maximum atomic E-state index is 11.1. The van der Waals surface area contributed by atoms with Gasteiger partial charge in [0.2, 0.25) is 0 Å². The third-order valence-corrected chi connectivity index (χ3v) is 3.26. The summed E-state index contributed by atoms with van der Waals surface area (Å²) in [5.41, 5.74) is 2.61. The molecule has 0 aliphatic heterocycles.